The molecular weight excluding hydrogens is 296 g/mol. The highest BCUT2D eigenvalue weighted by atomic mass is 35.5. The second-order valence-electron chi connectivity index (χ2n) is 4.71. The Labute approximate surface area is 126 Å². The fourth-order valence-corrected chi connectivity index (χ4v) is 2.12. The Balaban J connectivity index is 2.41. The monoisotopic (exact) mass is 310 g/mol. The van der Waals surface area contributed by atoms with Crippen LogP contribution in [0.3, 0.4) is 0 Å². The molecule has 1 aromatic heterocycles. The molecule has 0 aliphatic carbocycles. The number of ether oxygens (including phenoxy) is 1. The molecule has 2 amide bonds. The zero-order valence-corrected chi connectivity index (χ0v) is 12.6. The van der Waals surface area contributed by atoms with Gasteiger partial charge in [-0.2, -0.15) is 0 Å². The number of anilines is 1. The van der Waals surface area contributed by atoms with Crippen LogP contribution in [0.5, 0.6) is 5.95 Å². The average molecular weight is 311 g/mol. The molecule has 21 heavy (non-hydrogen) atoms. The Hall–Kier alpha value is -2.21. The summed E-state index contributed by atoms with van der Waals surface area (Å²) in [5.41, 5.74) is -0.117. The van der Waals surface area contributed by atoms with Gasteiger partial charge in [-0.1, -0.05) is 17.7 Å². The first-order valence-corrected chi connectivity index (χ1v) is 6.68. The third-order valence-corrected chi connectivity index (χ3v) is 3.06. The number of carbonyl (C=O) groups excluding carboxylic acids is 1. The van der Waals surface area contributed by atoms with E-state index in [0.29, 0.717) is 11.1 Å². The smallest absolute Gasteiger partial charge is 0.346 e. The third-order valence-electron chi connectivity index (χ3n) is 2.70. The Morgan fingerprint density at radius 1 is 1.33 bits per heavy atom. The zero-order valence-electron chi connectivity index (χ0n) is 11.8. The first-order chi connectivity index (χ1) is 9.92. The molecule has 0 bridgehead atoms. The first kappa shape index (κ1) is 15.2. The lowest BCUT2D eigenvalue weighted by Crippen LogP contribution is -2.34. The van der Waals surface area contributed by atoms with Gasteiger partial charge in [0, 0.05) is 17.1 Å². The molecule has 0 fully saturated rings. The molecule has 1 aromatic carbocycles. The minimum Gasteiger partial charge on any atom is -0.467 e. The highest BCUT2D eigenvalue weighted by molar-refractivity contribution is 6.36. The molecule has 1 heterocycles. The second-order valence-corrected chi connectivity index (χ2v) is 5.09. The summed E-state index contributed by atoms with van der Waals surface area (Å²) in [6, 6.07) is 4.43. The number of halogens is 1. The average Bonchev–Trinajstić information content (AvgIpc) is 2.41. The van der Waals surface area contributed by atoms with Crippen LogP contribution in [0.15, 0.2) is 27.4 Å². The van der Waals surface area contributed by atoms with Crippen molar-refractivity contribution in [2.45, 2.75) is 19.9 Å². The van der Waals surface area contributed by atoms with Gasteiger partial charge in [-0.3, -0.25) is 0 Å². The van der Waals surface area contributed by atoms with Gasteiger partial charge in [0.15, 0.2) is 0 Å². The molecule has 6 nitrogen and oxygen atoms in total. The van der Waals surface area contributed by atoms with Crippen LogP contribution in [-0.2, 0) is 0 Å². The van der Waals surface area contributed by atoms with Gasteiger partial charge >= 0.3 is 17.6 Å². The van der Waals surface area contributed by atoms with Gasteiger partial charge in [-0.15, -0.1) is 0 Å². The van der Waals surface area contributed by atoms with Crippen LogP contribution in [0.1, 0.15) is 13.8 Å². The maximum Gasteiger partial charge on any atom is 0.346 e. The number of fused-ring (bicyclic) bond motifs is 1. The molecule has 112 valence electrons. The van der Waals surface area contributed by atoms with Crippen molar-refractivity contribution in [2.24, 2.45) is 0 Å². The molecular formula is C14H15ClN2O4. The lowest BCUT2D eigenvalue weighted by Gasteiger charge is -2.11. The van der Waals surface area contributed by atoms with Crippen LogP contribution in [0.4, 0.5) is 10.5 Å². The van der Waals surface area contributed by atoms with Crippen molar-refractivity contribution in [3.05, 3.63) is 33.6 Å². The molecule has 0 saturated carbocycles. The molecule has 0 spiro atoms. The summed E-state index contributed by atoms with van der Waals surface area (Å²) >= 11 is 6.08. The van der Waals surface area contributed by atoms with Crippen molar-refractivity contribution in [1.29, 1.82) is 0 Å². The number of hydrogen-bond donors (Lipinski definition) is 2. The molecule has 0 saturated heterocycles. The van der Waals surface area contributed by atoms with E-state index in [9.17, 15) is 9.59 Å². The summed E-state index contributed by atoms with van der Waals surface area (Å²) in [7, 11) is 1.36. The van der Waals surface area contributed by atoms with E-state index in [1.54, 1.807) is 12.1 Å². The van der Waals surface area contributed by atoms with Crippen molar-refractivity contribution in [1.82, 2.24) is 5.32 Å². The van der Waals surface area contributed by atoms with Gasteiger partial charge in [0.2, 0.25) is 0 Å². The number of amides is 2. The number of rotatable bonds is 3. The van der Waals surface area contributed by atoms with Gasteiger partial charge in [0.1, 0.15) is 5.02 Å². The third kappa shape index (κ3) is 3.28. The van der Waals surface area contributed by atoms with Gasteiger partial charge in [-0.25, -0.2) is 9.59 Å². The number of carbonyl (C=O) groups is 1. The van der Waals surface area contributed by atoms with Crippen LogP contribution in [0.2, 0.25) is 5.02 Å². The fourth-order valence-electron chi connectivity index (χ4n) is 1.84. The van der Waals surface area contributed by atoms with E-state index >= 15 is 0 Å². The summed E-state index contributed by atoms with van der Waals surface area (Å²) in [5.74, 6) is -0.0348. The predicted octanol–water partition coefficient (Wildman–Crippen LogP) is 2.98. The van der Waals surface area contributed by atoms with Crippen LogP contribution in [0.25, 0.3) is 10.8 Å². The standard InChI is InChI=1S/C14H15ClN2O4/c1-7(2)16-14(19)17-8-4-5-9-10(6-8)12(18)21-13(20-3)11(9)15/h4-7H,1-3H3,(H2,16,17,19). The number of nitrogens with one attached hydrogen (secondary N) is 2. The number of benzene rings is 1. The Bertz CT molecular complexity index is 740. The maximum atomic E-state index is 11.9. The molecule has 0 unspecified atom stereocenters. The van der Waals surface area contributed by atoms with E-state index in [4.69, 9.17) is 20.8 Å². The van der Waals surface area contributed by atoms with Crippen LogP contribution in [-0.4, -0.2) is 19.2 Å². The highest BCUT2D eigenvalue weighted by Gasteiger charge is 2.13. The second kappa shape index (κ2) is 6.05. The molecule has 2 aromatic rings. The summed E-state index contributed by atoms with van der Waals surface area (Å²) in [6.07, 6.45) is 0. The SMILES string of the molecule is COc1oc(=O)c2cc(NC(=O)NC(C)C)ccc2c1Cl. The fraction of sp³-hybridized carbons (Fsp3) is 0.286. The van der Waals surface area contributed by atoms with Crippen LogP contribution < -0.4 is 21.0 Å². The van der Waals surface area contributed by atoms with E-state index in [1.807, 2.05) is 13.8 Å². The molecule has 0 aliphatic rings. The van der Waals surface area contributed by atoms with Crippen molar-refractivity contribution < 1.29 is 13.9 Å². The molecule has 7 heteroatoms. The lowest BCUT2D eigenvalue weighted by atomic mass is 10.1. The normalized spacial score (nSPS) is 10.7. The highest BCUT2D eigenvalue weighted by Crippen LogP contribution is 2.31. The maximum absolute atomic E-state index is 11.9. The predicted molar refractivity (Wildman–Crippen MR) is 81.3 cm³/mol. The minimum atomic E-state index is -0.584. The summed E-state index contributed by atoms with van der Waals surface area (Å²) in [5, 5.41) is 6.30. The van der Waals surface area contributed by atoms with E-state index in [1.165, 1.54) is 13.2 Å². The molecule has 0 radical (unpaired) electrons. The number of urea groups is 1. The minimum absolute atomic E-state index is 0.00855. The van der Waals surface area contributed by atoms with E-state index in [-0.39, 0.29) is 28.4 Å². The van der Waals surface area contributed by atoms with Gasteiger partial charge < -0.3 is 19.8 Å². The largest absolute Gasteiger partial charge is 0.467 e. The summed E-state index contributed by atoms with van der Waals surface area (Å²) < 4.78 is 9.85. The van der Waals surface area contributed by atoms with Crippen molar-refractivity contribution in [3.8, 4) is 5.95 Å². The molecule has 2 rings (SSSR count). The summed E-state index contributed by atoms with van der Waals surface area (Å²) in [4.78, 5) is 23.5. The zero-order chi connectivity index (χ0) is 15.6. The molecule has 0 aliphatic heterocycles. The number of hydrogen-bond acceptors (Lipinski definition) is 4. The first-order valence-electron chi connectivity index (χ1n) is 6.30. The molecule has 0 atom stereocenters. The van der Waals surface area contributed by atoms with E-state index < -0.39 is 5.63 Å². The lowest BCUT2D eigenvalue weighted by molar-refractivity contribution is 0.250. The Kier molecular flexibility index (Phi) is 4.37. The van der Waals surface area contributed by atoms with Gasteiger partial charge in [0.25, 0.3) is 0 Å². The Morgan fingerprint density at radius 2 is 2.05 bits per heavy atom. The molecule has 2 N–H and O–H groups in total. The van der Waals surface area contributed by atoms with Crippen molar-refractivity contribution >= 4 is 34.1 Å². The van der Waals surface area contributed by atoms with E-state index in [2.05, 4.69) is 10.6 Å². The van der Waals surface area contributed by atoms with Crippen molar-refractivity contribution in [3.63, 3.8) is 0 Å². The van der Waals surface area contributed by atoms with Crippen molar-refractivity contribution in [2.75, 3.05) is 12.4 Å². The van der Waals surface area contributed by atoms with Gasteiger partial charge in [0.05, 0.1) is 12.5 Å². The van der Waals surface area contributed by atoms with Crippen LogP contribution >= 0.6 is 11.6 Å². The van der Waals surface area contributed by atoms with E-state index in [0.717, 1.165) is 0 Å². The Morgan fingerprint density at radius 3 is 2.67 bits per heavy atom. The topological polar surface area (TPSA) is 80.6 Å². The summed E-state index contributed by atoms with van der Waals surface area (Å²) in [6.45, 7) is 3.70. The van der Waals surface area contributed by atoms with Gasteiger partial charge in [-0.05, 0) is 26.0 Å². The van der Waals surface area contributed by atoms with Crippen LogP contribution in [0, 0.1) is 0 Å². The number of methoxy groups -OCH3 is 1. The quantitative estimate of drug-likeness (QED) is 0.913.